The molecule has 8 heteroatoms. The molecule has 0 atom stereocenters. The van der Waals surface area contributed by atoms with Crippen LogP contribution < -0.4 is 10.6 Å². The Morgan fingerprint density at radius 2 is 0.964 bits per heavy atom. The number of hydrogen-bond acceptors (Lipinski definition) is 6. The number of carbonyl (C=O) groups excluding carboxylic acids is 2. The molecule has 3 aromatic carbocycles. The van der Waals surface area contributed by atoms with Crippen LogP contribution in [0.25, 0.3) is 0 Å². The van der Waals surface area contributed by atoms with Crippen LogP contribution in [0, 0.1) is 0 Å². The Kier molecular flexibility index (Phi) is 6.66. The van der Waals surface area contributed by atoms with E-state index in [4.69, 9.17) is 0 Å². The van der Waals surface area contributed by atoms with Crippen molar-refractivity contribution in [1.29, 1.82) is 0 Å². The van der Waals surface area contributed by atoms with Gasteiger partial charge in [0.25, 0.3) is 11.8 Å². The summed E-state index contributed by atoms with van der Waals surface area (Å²) in [6.07, 6.45) is 0. The van der Waals surface area contributed by atoms with E-state index in [-0.39, 0.29) is 11.8 Å². The number of anilines is 2. The molecule has 0 heterocycles. The van der Waals surface area contributed by atoms with Crippen LogP contribution in [-0.2, 0) is 0 Å². The molecule has 0 aliphatic heterocycles. The van der Waals surface area contributed by atoms with Crippen LogP contribution in [0.15, 0.2) is 80.2 Å². The van der Waals surface area contributed by atoms with Gasteiger partial charge in [0.2, 0.25) is 0 Å². The minimum Gasteiger partial charge on any atom is -0.320 e. The number of benzene rings is 3. The van der Waals surface area contributed by atoms with Gasteiger partial charge >= 0.3 is 0 Å². The Balaban J connectivity index is 1.85. The van der Waals surface area contributed by atoms with Crippen molar-refractivity contribution in [3.05, 3.63) is 71.8 Å². The fourth-order valence-electron chi connectivity index (χ4n) is 2.51. The molecule has 3 aromatic rings. The molecule has 0 saturated heterocycles. The van der Waals surface area contributed by atoms with Gasteiger partial charge in [-0.2, -0.15) is 0 Å². The van der Waals surface area contributed by atoms with E-state index in [0.29, 0.717) is 42.1 Å². The van der Waals surface area contributed by atoms with Gasteiger partial charge < -0.3 is 10.6 Å². The highest BCUT2D eigenvalue weighted by atomic mass is 32.1. The van der Waals surface area contributed by atoms with Crippen LogP contribution in [0.1, 0.15) is 20.7 Å². The third-order valence-electron chi connectivity index (χ3n) is 3.94. The molecule has 0 fully saturated rings. The zero-order valence-corrected chi connectivity index (χ0v) is 18.0. The van der Waals surface area contributed by atoms with Crippen molar-refractivity contribution in [3.63, 3.8) is 0 Å². The molecular formula is C20H16N2O2S4. The van der Waals surface area contributed by atoms with E-state index < -0.39 is 0 Å². The van der Waals surface area contributed by atoms with E-state index in [0.717, 1.165) is 0 Å². The highest BCUT2D eigenvalue weighted by Gasteiger charge is 2.16. The van der Waals surface area contributed by atoms with Gasteiger partial charge in [-0.3, -0.25) is 9.59 Å². The first-order chi connectivity index (χ1) is 13.4. The molecule has 142 valence electrons. The van der Waals surface area contributed by atoms with Crippen LogP contribution >= 0.6 is 50.5 Å². The Labute approximate surface area is 184 Å². The molecule has 0 aliphatic carbocycles. The summed E-state index contributed by atoms with van der Waals surface area (Å²) in [4.78, 5) is 27.5. The predicted molar refractivity (Wildman–Crippen MR) is 124 cm³/mol. The largest absolute Gasteiger partial charge is 0.320 e. The van der Waals surface area contributed by atoms with Crippen LogP contribution in [0.4, 0.5) is 11.4 Å². The van der Waals surface area contributed by atoms with Crippen molar-refractivity contribution in [2.24, 2.45) is 0 Å². The summed E-state index contributed by atoms with van der Waals surface area (Å²) in [5, 5.41) is 5.61. The van der Waals surface area contributed by atoms with E-state index in [2.05, 4.69) is 61.1 Å². The Hall–Kier alpha value is -2.00. The molecule has 0 saturated carbocycles. The maximum atomic E-state index is 12.7. The fraction of sp³-hybridized carbons (Fsp3) is 0. The zero-order valence-electron chi connectivity index (χ0n) is 14.4. The third-order valence-corrected chi connectivity index (χ3v) is 6.00. The number of thiol groups is 4. The minimum atomic E-state index is -0.352. The standard InChI is InChI=1S/C20H16N2O2S4/c23-19(11-5-3-9-15(25)17(11)27)21-13-7-1-2-8-14(13)22-20(24)12-6-4-10-16(26)18(12)28/h1-10,25-28H,(H,21,23)(H,22,24). The van der Waals surface area contributed by atoms with Crippen LogP contribution in [0.3, 0.4) is 0 Å². The topological polar surface area (TPSA) is 58.2 Å². The van der Waals surface area contributed by atoms with E-state index >= 15 is 0 Å². The molecule has 4 nitrogen and oxygen atoms in total. The lowest BCUT2D eigenvalue weighted by Gasteiger charge is -2.14. The number of amides is 2. The molecule has 0 bridgehead atoms. The second-order valence-electron chi connectivity index (χ2n) is 5.80. The molecule has 2 N–H and O–H groups in total. The molecule has 0 radical (unpaired) electrons. The molecule has 0 unspecified atom stereocenters. The number of carbonyl (C=O) groups is 2. The maximum Gasteiger partial charge on any atom is 0.256 e. The lowest BCUT2D eigenvalue weighted by Crippen LogP contribution is -2.17. The summed E-state index contributed by atoms with van der Waals surface area (Å²) in [6.45, 7) is 0. The third kappa shape index (κ3) is 4.52. The fourth-order valence-corrected chi connectivity index (χ4v) is 3.42. The van der Waals surface area contributed by atoms with Crippen molar-refractivity contribution in [2.75, 3.05) is 10.6 Å². The lowest BCUT2D eigenvalue weighted by atomic mass is 10.1. The van der Waals surface area contributed by atoms with Crippen molar-refractivity contribution in [2.45, 2.75) is 19.6 Å². The van der Waals surface area contributed by atoms with E-state index in [1.807, 2.05) is 0 Å². The molecule has 0 spiro atoms. The molecule has 0 aromatic heterocycles. The molecule has 28 heavy (non-hydrogen) atoms. The Morgan fingerprint density at radius 1 is 0.571 bits per heavy atom. The predicted octanol–water partition coefficient (Wildman–Crippen LogP) is 5.35. The minimum absolute atomic E-state index is 0.352. The Morgan fingerprint density at radius 3 is 1.36 bits per heavy atom. The van der Waals surface area contributed by atoms with Crippen LogP contribution in [0.2, 0.25) is 0 Å². The first kappa shape index (κ1) is 20.7. The second-order valence-corrected chi connectivity index (χ2v) is 7.66. The molecular weight excluding hydrogens is 429 g/mol. The number of hydrogen-bond donors (Lipinski definition) is 6. The molecule has 0 aliphatic rings. The van der Waals surface area contributed by atoms with E-state index in [9.17, 15) is 9.59 Å². The summed E-state index contributed by atoms with van der Waals surface area (Å²) in [5.41, 5.74) is 1.69. The second kappa shape index (κ2) is 9.00. The van der Waals surface area contributed by atoms with Crippen molar-refractivity contribution >= 4 is 73.7 Å². The average Bonchev–Trinajstić information content (AvgIpc) is 2.67. The summed E-state index contributed by atoms with van der Waals surface area (Å²) < 4.78 is 0. The normalized spacial score (nSPS) is 10.4. The van der Waals surface area contributed by atoms with Gasteiger partial charge in [0, 0.05) is 19.6 Å². The number of nitrogens with one attached hydrogen (secondary N) is 2. The smallest absolute Gasteiger partial charge is 0.256 e. The highest BCUT2D eigenvalue weighted by molar-refractivity contribution is 7.84. The summed E-state index contributed by atoms with van der Waals surface area (Å²) in [6, 6.07) is 17.2. The van der Waals surface area contributed by atoms with E-state index in [1.54, 1.807) is 60.7 Å². The lowest BCUT2D eigenvalue weighted by molar-refractivity contribution is 0.101. The van der Waals surface area contributed by atoms with Gasteiger partial charge in [-0.1, -0.05) is 24.3 Å². The van der Waals surface area contributed by atoms with Gasteiger partial charge in [0.1, 0.15) is 0 Å². The molecule has 3 rings (SSSR count). The van der Waals surface area contributed by atoms with Gasteiger partial charge in [-0.15, -0.1) is 50.5 Å². The van der Waals surface area contributed by atoms with Crippen molar-refractivity contribution < 1.29 is 9.59 Å². The van der Waals surface area contributed by atoms with Crippen LogP contribution in [-0.4, -0.2) is 11.8 Å². The molecule has 2 amide bonds. The summed E-state index contributed by atoms with van der Waals surface area (Å²) in [5.74, 6) is -0.704. The van der Waals surface area contributed by atoms with Gasteiger partial charge in [-0.25, -0.2) is 0 Å². The first-order valence-corrected chi connectivity index (χ1v) is 9.91. The average molecular weight is 445 g/mol. The summed E-state index contributed by atoms with van der Waals surface area (Å²) >= 11 is 17.3. The zero-order chi connectivity index (χ0) is 20.3. The maximum absolute atomic E-state index is 12.7. The number of para-hydroxylation sites is 2. The first-order valence-electron chi connectivity index (χ1n) is 8.12. The Bertz CT molecular complexity index is 985. The van der Waals surface area contributed by atoms with Crippen molar-refractivity contribution in [3.8, 4) is 0 Å². The summed E-state index contributed by atoms with van der Waals surface area (Å²) in [7, 11) is 0. The van der Waals surface area contributed by atoms with Gasteiger partial charge in [0.05, 0.1) is 22.5 Å². The highest BCUT2D eigenvalue weighted by Crippen LogP contribution is 2.28. The van der Waals surface area contributed by atoms with E-state index in [1.165, 1.54) is 0 Å². The SMILES string of the molecule is O=C(Nc1ccccc1NC(=O)c1cccc(S)c1S)c1cccc(S)c1S. The van der Waals surface area contributed by atoms with Crippen molar-refractivity contribution in [1.82, 2.24) is 0 Å². The van der Waals surface area contributed by atoms with Crippen LogP contribution in [0.5, 0.6) is 0 Å². The van der Waals surface area contributed by atoms with Gasteiger partial charge in [-0.05, 0) is 36.4 Å². The monoisotopic (exact) mass is 444 g/mol. The number of rotatable bonds is 4. The van der Waals surface area contributed by atoms with Gasteiger partial charge in [0.15, 0.2) is 0 Å². The quantitative estimate of drug-likeness (QED) is 0.308.